The maximum atomic E-state index is 11.0. The zero-order chi connectivity index (χ0) is 10.7. The molecular weight excluding hydrogens is 186 g/mol. The first-order valence-corrected chi connectivity index (χ1v) is 4.36. The monoisotopic (exact) mass is 199 g/mol. The molecule has 1 heterocycles. The second-order valence-corrected chi connectivity index (χ2v) is 3.18. The number of amides is 1. The fraction of sp³-hybridized carbons (Fsp3) is 0.625. The van der Waals surface area contributed by atoms with Crippen LogP contribution in [0.25, 0.3) is 0 Å². The molecule has 0 aromatic heterocycles. The van der Waals surface area contributed by atoms with Gasteiger partial charge in [-0.15, -0.1) is 0 Å². The maximum Gasteiger partial charge on any atom is 0.343 e. The lowest BCUT2D eigenvalue weighted by Gasteiger charge is -2.12. The van der Waals surface area contributed by atoms with E-state index in [1.807, 2.05) is 0 Å². The van der Waals surface area contributed by atoms with Crippen molar-refractivity contribution in [1.82, 2.24) is 0 Å². The van der Waals surface area contributed by atoms with Crippen molar-refractivity contribution in [3.8, 4) is 0 Å². The number of carbonyl (C=O) groups is 2. The van der Waals surface area contributed by atoms with E-state index in [9.17, 15) is 9.59 Å². The van der Waals surface area contributed by atoms with Crippen molar-refractivity contribution in [3.63, 3.8) is 0 Å². The Kier molecular flexibility index (Phi) is 3.19. The molecule has 1 aliphatic rings. The number of nitrogens with two attached hydrogens (primary N) is 2. The second kappa shape index (κ2) is 4.19. The molecule has 0 fully saturated rings. The summed E-state index contributed by atoms with van der Waals surface area (Å²) in [6.07, 6.45) is 0.384. The highest BCUT2D eigenvalue weighted by Crippen LogP contribution is 2.19. The van der Waals surface area contributed by atoms with Crippen LogP contribution in [0.5, 0.6) is 0 Å². The van der Waals surface area contributed by atoms with Gasteiger partial charge in [-0.2, -0.15) is 0 Å². The zero-order valence-corrected chi connectivity index (χ0v) is 7.90. The van der Waals surface area contributed by atoms with Crippen molar-refractivity contribution >= 4 is 17.6 Å². The molecule has 6 heteroatoms. The summed E-state index contributed by atoms with van der Waals surface area (Å²) in [4.78, 5) is 26.5. The molecule has 0 aromatic carbocycles. The predicted octanol–water partition coefficient (Wildman–Crippen LogP) is -1.01. The first kappa shape index (κ1) is 10.6. The molecule has 1 aliphatic heterocycles. The highest BCUT2D eigenvalue weighted by atomic mass is 16.7. The average Bonchev–Trinajstić information content (AvgIpc) is 2.44. The van der Waals surface area contributed by atoms with Crippen molar-refractivity contribution in [1.29, 1.82) is 0 Å². The van der Waals surface area contributed by atoms with Crippen LogP contribution in [-0.2, 0) is 14.4 Å². The fourth-order valence-corrected chi connectivity index (χ4v) is 1.34. The Balaban J connectivity index is 2.79. The van der Waals surface area contributed by atoms with Crippen LogP contribution in [0.2, 0.25) is 0 Å². The summed E-state index contributed by atoms with van der Waals surface area (Å²) in [5, 5.41) is 3.55. The van der Waals surface area contributed by atoms with Gasteiger partial charge in [-0.25, -0.2) is 4.79 Å². The Morgan fingerprint density at radius 2 is 2.36 bits per heavy atom. The van der Waals surface area contributed by atoms with E-state index < -0.39 is 23.7 Å². The molecule has 6 nitrogen and oxygen atoms in total. The molecule has 4 N–H and O–H groups in total. The normalized spacial score (nSPS) is 22.9. The van der Waals surface area contributed by atoms with Gasteiger partial charge in [0, 0.05) is 0 Å². The molecule has 1 rings (SSSR count). The Morgan fingerprint density at radius 1 is 1.71 bits per heavy atom. The number of hydrogen-bond donors (Lipinski definition) is 2. The molecule has 2 unspecified atom stereocenters. The summed E-state index contributed by atoms with van der Waals surface area (Å²) >= 11 is 0. The maximum absolute atomic E-state index is 11.0. The van der Waals surface area contributed by atoms with Gasteiger partial charge in [0.2, 0.25) is 5.91 Å². The number of carbonyl (C=O) groups excluding carboxylic acids is 2. The Hall–Kier alpha value is -1.43. The topological polar surface area (TPSA) is 108 Å². The molecule has 14 heavy (non-hydrogen) atoms. The van der Waals surface area contributed by atoms with Crippen LogP contribution in [0.1, 0.15) is 13.3 Å². The van der Waals surface area contributed by atoms with Gasteiger partial charge in [-0.1, -0.05) is 5.16 Å². The second-order valence-electron chi connectivity index (χ2n) is 3.18. The first-order valence-electron chi connectivity index (χ1n) is 4.36. The van der Waals surface area contributed by atoms with Gasteiger partial charge in [0.25, 0.3) is 0 Å². The van der Waals surface area contributed by atoms with Crippen LogP contribution in [-0.4, -0.2) is 24.1 Å². The number of nitrogens with zero attached hydrogens (tertiary/aromatic N) is 1. The standard InChI is InChI=1S/C8H13N3O3/c1-4-6(11-14-8(4)13)5(2-3-9)7(10)12/h4-5H,2-3,9H2,1H3,(H2,10,12). The summed E-state index contributed by atoms with van der Waals surface area (Å²) in [5.74, 6) is -2.08. The summed E-state index contributed by atoms with van der Waals surface area (Å²) in [5.41, 5.74) is 10.9. The van der Waals surface area contributed by atoms with Crippen LogP contribution < -0.4 is 11.5 Å². The molecule has 0 saturated heterocycles. The third-order valence-electron chi connectivity index (χ3n) is 2.19. The third-order valence-corrected chi connectivity index (χ3v) is 2.19. The van der Waals surface area contributed by atoms with E-state index in [2.05, 4.69) is 9.99 Å². The molecule has 0 saturated carbocycles. The van der Waals surface area contributed by atoms with Crippen molar-refractivity contribution in [3.05, 3.63) is 0 Å². The number of rotatable bonds is 4. The van der Waals surface area contributed by atoms with Crippen molar-refractivity contribution < 1.29 is 14.4 Å². The van der Waals surface area contributed by atoms with E-state index in [1.54, 1.807) is 6.92 Å². The minimum Gasteiger partial charge on any atom is -0.369 e. The van der Waals surface area contributed by atoms with Crippen LogP contribution in [0.15, 0.2) is 5.16 Å². The minimum atomic E-state index is -0.596. The fourth-order valence-electron chi connectivity index (χ4n) is 1.34. The SMILES string of the molecule is CC1C(=O)ON=C1C(CCN)C(N)=O. The van der Waals surface area contributed by atoms with E-state index >= 15 is 0 Å². The summed E-state index contributed by atoms with van der Waals surface area (Å²) in [7, 11) is 0. The Labute approximate surface area is 81.3 Å². The van der Waals surface area contributed by atoms with Gasteiger partial charge in [0.15, 0.2) is 0 Å². The number of primary amides is 1. The van der Waals surface area contributed by atoms with Crippen LogP contribution in [0.4, 0.5) is 0 Å². The van der Waals surface area contributed by atoms with E-state index in [4.69, 9.17) is 11.5 Å². The van der Waals surface area contributed by atoms with Gasteiger partial charge >= 0.3 is 5.97 Å². The smallest absolute Gasteiger partial charge is 0.343 e. The van der Waals surface area contributed by atoms with E-state index in [1.165, 1.54) is 0 Å². The summed E-state index contributed by atoms with van der Waals surface area (Å²) in [6.45, 7) is 1.94. The van der Waals surface area contributed by atoms with Crippen LogP contribution >= 0.6 is 0 Å². The Bertz CT molecular complexity index is 288. The lowest BCUT2D eigenvalue weighted by atomic mass is 9.90. The minimum absolute atomic E-state index is 0.313. The zero-order valence-electron chi connectivity index (χ0n) is 7.90. The molecule has 0 radical (unpaired) electrons. The molecule has 1 amide bonds. The van der Waals surface area contributed by atoms with Crippen molar-refractivity contribution in [2.45, 2.75) is 13.3 Å². The quantitative estimate of drug-likeness (QED) is 0.565. The highest BCUT2D eigenvalue weighted by molar-refractivity contribution is 6.13. The molecular formula is C8H13N3O3. The summed E-state index contributed by atoms with van der Waals surface area (Å²) < 4.78 is 0. The molecule has 2 atom stereocenters. The van der Waals surface area contributed by atoms with Gasteiger partial charge in [0.1, 0.15) is 0 Å². The average molecular weight is 199 g/mol. The molecule has 0 aliphatic carbocycles. The molecule has 0 bridgehead atoms. The van der Waals surface area contributed by atoms with Gasteiger partial charge in [-0.3, -0.25) is 4.79 Å². The van der Waals surface area contributed by atoms with Gasteiger partial charge in [-0.05, 0) is 19.9 Å². The molecule has 78 valence electrons. The Morgan fingerprint density at radius 3 is 2.71 bits per heavy atom. The largest absolute Gasteiger partial charge is 0.369 e. The summed E-state index contributed by atoms with van der Waals surface area (Å²) in [6, 6.07) is 0. The lowest BCUT2D eigenvalue weighted by Crippen LogP contribution is -2.35. The number of oxime groups is 1. The van der Waals surface area contributed by atoms with Gasteiger partial charge in [0.05, 0.1) is 17.5 Å². The molecule has 0 spiro atoms. The van der Waals surface area contributed by atoms with E-state index in [-0.39, 0.29) is 0 Å². The van der Waals surface area contributed by atoms with Crippen molar-refractivity contribution in [2.75, 3.05) is 6.54 Å². The van der Waals surface area contributed by atoms with Crippen LogP contribution in [0, 0.1) is 11.8 Å². The van der Waals surface area contributed by atoms with Crippen LogP contribution in [0.3, 0.4) is 0 Å². The lowest BCUT2D eigenvalue weighted by molar-refractivity contribution is -0.142. The van der Waals surface area contributed by atoms with E-state index in [0.717, 1.165) is 0 Å². The molecule has 0 aromatic rings. The van der Waals surface area contributed by atoms with E-state index in [0.29, 0.717) is 18.7 Å². The first-order chi connectivity index (χ1) is 6.57. The van der Waals surface area contributed by atoms with Crippen molar-refractivity contribution in [2.24, 2.45) is 28.5 Å². The highest BCUT2D eigenvalue weighted by Gasteiger charge is 2.35. The van der Waals surface area contributed by atoms with Gasteiger partial charge < -0.3 is 16.3 Å². The number of hydrogen-bond acceptors (Lipinski definition) is 5. The predicted molar refractivity (Wildman–Crippen MR) is 49.0 cm³/mol. The third kappa shape index (κ3) is 1.90.